The third-order valence-corrected chi connectivity index (χ3v) is 5.90. The lowest BCUT2D eigenvalue weighted by Gasteiger charge is -2.36. The maximum Gasteiger partial charge on any atom is 0.253 e. The van der Waals surface area contributed by atoms with Crippen molar-refractivity contribution in [2.75, 3.05) is 13.1 Å². The van der Waals surface area contributed by atoms with Crippen molar-refractivity contribution >= 4 is 17.7 Å². The Hall–Kier alpha value is -3.22. The first-order valence-corrected chi connectivity index (χ1v) is 10.7. The summed E-state index contributed by atoms with van der Waals surface area (Å²) >= 11 is 0. The van der Waals surface area contributed by atoms with Crippen molar-refractivity contribution < 1.29 is 18.8 Å². The Morgan fingerprint density at radius 3 is 2.23 bits per heavy atom. The number of likely N-dealkylation sites (tertiary alicyclic amines) is 1. The number of carbonyl (C=O) groups excluding carboxylic acids is 3. The first kappa shape index (κ1) is 21.0. The van der Waals surface area contributed by atoms with Gasteiger partial charge in [0.2, 0.25) is 5.91 Å². The lowest BCUT2D eigenvalue weighted by molar-refractivity contribution is -0.124. The minimum absolute atomic E-state index is 0.0806. The highest BCUT2D eigenvalue weighted by Crippen LogP contribution is 2.25. The van der Waals surface area contributed by atoms with Gasteiger partial charge in [0.15, 0.2) is 0 Å². The molecule has 2 aliphatic rings. The second-order valence-corrected chi connectivity index (χ2v) is 8.24. The maximum absolute atomic E-state index is 13.5. The van der Waals surface area contributed by atoms with E-state index in [1.54, 1.807) is 35.2 Å². The minimum atomic E-state index is -0.653. The lowest BCUT2D eigenvalue weighted by Crippen LogP contribution is -2.54. The molecule has 2 N–H and O–H groups in total. The Balaban J connectivity index is 1.42. The van der Waals surface area contributed by atoms with Crippen LogP contribution >= 0.6 is 0 Å². The van der Waals surface area contributed by atoms with E-state index in [2.05, 4.69) is 10.6 Å². The van der Waals surface area contributed by atoms with Gasteiger partial charge in [0.05, 0.1) is 0 Å². The maximum atomic E-state index is 13.5. The van der Waals surface area contributed by atoms with Gasteiger partial charge in [-0.25, -0.2) is 4.39 Å². The van der Waals surface area contributed by atoms with Crippen molar-refractivity contribution in [1.29, 1.82) is 0 Å². The quantitative estimate of drug-likeness (QED) is 0.750. The Bertz CT molecular complexity index is 954. The Kier molecular flexibility index (Phi) is 6.30. The summed E-state index contributed by atoms with van der Waals surface area (Å²) in [4.78, 5) is 40.0. The van der Waals surface area contributed by atoms with E-state index in [1.807, 2.05) is 6.07 Å². The summed E-state index contributed by atoms with van der Waals surface area (Å²) in [5.41, 5.74) is 0.823. The van der Waals surface area contributed by atoms with Crippen molar-refractivity contribution in [1.82, 2.24) is 15.5 Å². The largest absolute Gasteiger partial charge is 0.352 e. The molecular formula is C24H26FN3O3. The molecule has 6 nitrogen and oxygen atoms in total. The van der Waals surface area contributed by atoms with Gasteiger partial charge in [0, 0.05) is 30.3 Å². The summed E-state index contributed by atoms with van der Waals surface area (Å²) in [6.07, 6.45) is 3.09. The molecule has 1 heterocycles. The molecule has 2 fully saturated rings. The van der Waals surface area contributed by atoms with E-state index in [9.17, 15) is 18.8 Å². The number of hydrogen-bond acceptors (Lipinski definition) is 3. The van der Waals surface area contributed by atoms with Crippen molar-refractivity contribution in [2.24, 2.45) is 5.92 Å². The fourth-order valence-corrected chi connectivity index (χ4v) is 3.97. The molecule has 3 amide bonds. The van der Waals surface area contributed by atoms with Crippen molar-refractivity contribution in [2.45, 2.75) is 37.8 Å². The van der Waals surface area contributed by atoms with E-state index >= 15 is 0 Å². The van der Waals surface area contributed by atoms with E-state index in [1.165, 1.54) is 18.2 Å². The number of halogens is 1. The predicted octanol–water partition coefficient (Wildman–Crippen LogP) is 2.76. The molecule has 0 unspecified atom stereocenters. The van der Waals surface area contributed by atoms with Gasteiger partial charge in [-0.15, -0.1) is 0 Å². The van der Waals surface area contributed by atoms with Gasteiger partial charge in [0.25, 0.3) is 11.8 Å². The van der Waals surface area contributed by atoms with Gasteiger partial charge >= 0.3 is 0 Å². The smallest absolute Gasteiger partial charge is 0.253 e. The van der Waals surface area contributed by atoms with Crippen LogP contribution in [-0.4, -0.2) is 47.8 Å². The second-order valence-electron chi connectivity index (χ2n) is 8.24. The second kappa shape index (κ2) is 9.29. The number of nitrogens with zero attached hydrogens (tertiary/aromatic N) is 1. The van der Waals surface area contributed by atoms with Crippen LogP contribution < -0.4 is 10.6 Å². The molecule has 0 aromatic heterocycles. The molecule has 2 aromatic carbocycles. The molecule has 0 radical (unpaired) electrons. The summed E-state index contributed by atoms with van der Waals surface area (Å²) < 4.78 is 13.5. The van der Waals surface area contributed by atoms with E-state index < -0.39 is 11.9 Å². The number of rotatable bonds is 6. The number of nitrogens with one attached hydrogen (secondary N) is 2. The summed E-state index contributed by atoms with van der Waals surface area (Å²) in [7, 11) is 0. The monoisotopic (exact) mass is 423 g/mol. The van der Waals surface area contributed by atoms with Gasteiger partial charge in [-0.1, -0.05) is 24.3 Å². The molecule has 0 bridgehead atoms. The minimum Gasteiger partial charge on any atom is -0.352 e. The summed E-state index contributed by atoms with van der Waals surface area (Å²) in [6, 6.07) is 14.0. The normalized spacial score (nSPS) is 17.6. The number of benzene rings is 2. The fourth-order valence-electron chi connectivity index (χ4n) is 3.97. The standard InChI is InChI=1S/C24H26FN3O3/c25-19-8-4-7-18(15-19)24(31)28-13-11-16(12-14-28)21(23(30)26-20-9-10-20)27-22(29)17-5-2-1-3-6-17/h1-8,15-16,20-21H,9-14H2,(H,26,30)(H,27,29)/t21-/m1/s1. The summed E-state index contributed by atoms with van der Waals surface area (Å²) in [5.74, 6) is -1.19. The molecule has 1 aliphatic carbocycles. The number of amides is 3. The summed E-state index contributed by atoms with van der Waals surface area (Å²) in [5, 5.41) is 5.91. The first-order chi connectivity index (χ1) is 15.0. The first-order valence-electron chi connectivity index (χ1n) is 10.7. The van der Waals surface area contributed by atoms with E-state index in [4.69, 9.17) is 0 Å². The molecule has 1 saturated heterocycles. The van der Waals surface area contributed by atoms with E-state index in [0.717, 1.165) is 12.8 Å². The van der Waals surface area contributed by atoms with Crippen molar-refractivity contribution in [3.63, 3.8) is 0 Å². The SMILES string of the molecule is O=C(N[C@@H](C(=O)NC1CC1)C1CCN(C(=O)c2cccc(F)c2)CC1)c1ccccc1. The zero-order valence-electron chi connectivity index (χ0n) is 17.2. The molecular weight excluding hydrogens is 397 g/mol. The van der Waals surface area contributed by atoms with Gasteiger partial charge in [-0.3, -0.25) is 14.4 Å². The van der Waals surface area contributed by atoms with Crippen LogP contribution in [0.5, 0.6) is 0 Å². The van der Waals surface area contributed by atoms with Crippen LogP contribution in [0.2, 0.25) is 0 Å². The Labute approximate surface area is 180 Å². The van der Waals surface area contributed by atoms with Crippen molar-refractivity contribution in [3.8, 4) is 0 Å². The van der Waals surface area contributed by atoms with Crippen molar-refractivity contribution in [3.05, 3.63) is 71.5 Å². The molecule has 1 aliphatic heterocycles. The van der Waals surface area contributed by atoms with Crippen LogP contribution in [0, 0.1) is 11.7 Å². The topological polar surface area (TPSA) is 78.5 Å². The van der Waals surface area contributed by atoms with Gasteiger partial charge in [0.1, 0.15) is 11.9 Å². The van der Waals surface area contributed by atoms with Crippen LogP contribution in [-0.2, 0) is 4.79 Å². The Morgan fingerprint density at radius 2 is 1.58 bits per heavy atom. The van der Waals surface area contributed by atoms with Crippen LogP contribution in [0.1, 0.15) is 46.4 Å². The third kappa shape index (κ3) is 5.29. The highest BCUT2D eigenvalue weighted by molar-refractivity contribution is 5.98. The van der Waals surface area contributed by atoms with Gasteiger partial charge < -0.3 is 15.5 Å². The molecule has 31 heavy (non-hydrogen) atoms. The molecule has 1 atom stereocenters. The molecule has 7 heteroatoms. The van der Waals surface area contributed by atoms with E-state index in [0.29, 0.717) is 37.1 Å². The molecule has 0 spiro atoms. The van der Waals surface area contributed by atoms with Crippen LogP contribution in [0.3, 0.4) is 0 Å². The molecule has 4 rings (SSSR count). The highest BCUT2D eigenvalue weighted by Gasteiger charge is 2.36. The number of hydrogen-bond donors (Lipinski definition) is 2. The average Bonchev–Trinajstić information content (AvgIpc) is 3.61. The number of carbonyl (C=O) groups is 3. The Morgan fingerprint density at radius 1 is 0.903 bits per heavy atom. The van der Waals surface area contributed by atoms with Crippen LogP contribution in [0.4, 0.5) is 4.39 Å². The third-order valence-electron chi connectivity index (χ3n) is 5.90. The zero-order valence-corrected chi connectivity index (χ0v) is 17.2. The van der Waals surface area contributed by atoms with Crippen LogP contribution in [0.25, 0.3) is 0 Å². The fraction of sp³-hybridized carbons (Fsp3) is 0.375. The van der Waals surface area contributed by atoms with Gasteiger partial charge in [-0.2, -0.15) is 0 Å². The van der Waals surface area contributed by atoms with E-state index in [-0.39, 0.29) is 29.7 Å². The molecule has 2 aromatic rings. The highest BCUT2D eigenvalue weighted by atomic mass is 19.1. The molecule has 162 valence electrons. The number of piperidine rings is 1. The summed E-state index contributed by atoms with van der Waals surface area (Å²) in [6.45, 7) is 0.906. The molecule has 1 saturated carbocycles. The lowest BCUT2D eigenvalue weighted by atomic mass is 9.88. The van der Waals surface area contributed by atoms with Crippen LogP contribution in [0.15, 0.2) is 54.6 Å². The average molecular weight is 423 g/mol. The van der Waals surface area contributed by atoms with Gasteiger partial charge in [-0.05, 0) is 61.9 Å². The predicted molar refractivity (Wildman–Crippen MR) is 114 cm³/mol. The zero-order chi connectivity index (χ0) is 21.8.